The largest absolute Gasteiger partial charge is 0.419 e. The van der Waals surface area contributed by atoms with Crippen LogP contribution < -0.4 is 10.2 Å². The number of alkyl halides is 3. The van der Waals surface area contributed by atoms with Gasteiger partial charge in [-0.25, -0.2) is 18.7 Å². The molecule has 1 fully saturated rings. The van der Waals surface area contributed by atoms with E-state index in [0.29, 0.717) is 54.2 Å². The first-order valence-corrected chi connectivity index (χ1v) is 12.2. The van der Waals surface area contributed by atoms with Crippen molar-refractivity contribution in [3.63, 3.8) is 0 Å². The van der Waals surface area contributed by atoms with Crippen molar-refractivity contribution in [1.82, 2.24) is 14.9 Å². The molecule has 1 saturated heterocycles. The van der Waals surface area contributed by atoms with Crippen molar-refractivity contribution >= 4 is 17.4 Å². The number of carbonyl (C=O) groups excluding carboxylic acids is 1. The van der Waals surface area contributed by atoms with Gasteiger partial charge in [0.1, 0.15) is 28.7 Å². The molecule has 3 aromatic rings. The first-order chi connectivity index (χ1) is 17.9. The van der Waals surface area contributed by atoms with Crippen LogP contribution in [-0.2, 0) is 22.9 Å². The highest BCUT2D eigenvalue weighted by Gasteiger charge is 2.53. The van der Waals surface area contributed by atoms with Crippen LogP contribution in [0.2, 0.25) is 0 Å². The summed E-state index contributed by atoms with van der Waals surface area (Å²) in [7, 11) is 1.91. The summed E-state index contributed by atoms with van der Waals surface area (Å²) in [6, 6.07) is 7.87. The van der Waals surface area contributed by atoms with Gasteiger partial charge >= 0.3 is 6.18 Å². The molecule has 1 aromatic heterocycles. The molecule has 1 unspecified atom stereocenters. The van der Waals surface area contributed by atoms with Crippen LogP contribution in [0.15, 0.2) is 42.5 Å². The van der Waals surface area contributed by atoms with Crippen molar-refractivity contribution in [3.8, 4) is 0 Å². The lowest BCUT2D eigenvalue weighted by Crippen LogP contribution is -2.53. The fourth-order valence-electron chi connectivity index (χ4n) is 5.43. The zero-order chi connectivity index (χ0) is 27.4. The number of hydrogen-bond acceptors (Lipinski definition) is 5. The molecular weight excluding hydrogens is 505 g/mol. The second-order valence-corrected chi connectivity index (χ2v) is 9.96. The zero-order valence-electron chi connectivity index (χ0n) is 21.0. The molecule has 0 radical (unpaired) electrons. The summed E-state index contributed by atoms with van der Waals surface area (Å²) < 4.78 is 68.5. The number of aryl methyl sites for hydroxylation is 1. The van der Waals surface area contributed by atoms with E-state index in [1.807, 2.05) is 11.9 Å². The number of carbonyl (C=O) groups is 1. The van der Waals surface area contributed by atoms with Crippen LogP contribution in [0, 0.1) is 18.6 Å². The third kappa shape index (κ3) is 4.38. The maximum atomic E-state index is 14.9. The quantitative estimate of drug-likeness (QED) is 0.459. The van der Waals surface area contributed by atoms with E-state index < -0.39 is 34.8 Å². The molecule has 0 saturated carbocycles. The Bertz CT molecular complexity index is 1390. The number of likely N-dealkylation sites (N-methyl/N-ethyl adjacent to an activating group) is 1. The van der Waals surface area contributed by atoms with E-state index >= 15 is 0 Å². The average Bonchev–Trinajstić information content (AvgIpc) is 3.24. The van der Waals surface area contributed by atoms with Gasteiger partial charge in [-0.2, -0.15) is 13.2 Å². The molecule has 11 heteroatoms. The van der Waals surface area contributed by atoms with Crippen LogP contribution in [0.25, 0.3) is 0 Å². The topological polar surface area (TPSA) is 61.4 Å². The van der Waals surface area contributed by atoms with Gasteiger partial charge in [-0.3, -0.25) is 4.79 Å². The van der Waals surface area contributed by atoms with Crippen molar-refractivity contribution in [1.29, 1.82) is 0 Å². The second-order valence-electron chi connectivity index (χ2n) is 9.96. The standard InChI is InChI=1S/C27H26F5N5O/c1-15(19-5-4-6-21(22(19)29)27(30,31)32)33-24-20-13-37(18-9-7-17(28)8-10-18)25(38)26(11-12-36(3)14-26)23(20)34-16(2)35-24/h4-10,15H,11-14H2,1-3H3,(H,33,34,35)/t15-,26?/m1/s1. The number of aromatic nitrogens is 2. The van der Waals surface area contributed by atoms with Gasteiger partial charge in [0.15, 0.2) is 0 Å². The smallest absolute Gasteiger partial charge is 0.363 e. The Morgan fingerprint density at radius 3 is 2.42 bits per heavy atom. The third-order valence-corrected chi connectivity index (χ3v) is 7.30. The molecule has 38 heavy (non-hydrogen) atoms. The van der Waals surface area contributed by atoms with E-state index in [0.717, 1.165) is 0 Å². The summed E-state index contributed by atoms with van der Waals surface area (Å²) >= 11 is 0. The number of likely N-dealkylation sites (tertiary alicyclic amines) is 1. The Morgan fingerprint density at radius 1 is 1.08 bits per heavy atom. The molecule has 3 heterocycles. The van der Waals surface area contributed by atoms with Crippen LogP contribution in [-0.4, -0.2) is 40.9 Å². The minimum absolute atomic E-state index is 0.0612. The molecule has 2 aliphatic heterocycles. The van der Waals surface area contributed by atoms with Crippen molar-refractivity contribution in [2.24, 2.45) is 0 Å². The Kier molecular flexibility index (Phi) is 6.37. The number of nitrogens with one attached hydrogen (secondary N) is 1. The summed E-state index contributed by atoms with van der Waals surface area (Å²) in [6.45, 7) is 4.34. The average molecular weight is 532 g/mol. The number of hydrogen-bond donors (Lipinski definition) is 1. The Morgan fingerprint density at radius 2 is 1.79 bits per heavy atom. The van der Waals surface area contributed by atoms with E-state index in [1.54, 1.807) is 18.7 Å². The number of benzene rings is 2. The van der Waals surface area contributed by atoms with E-state index in [2.05, 4.69) is 15.3 Å². The van der Waals surface area contributed by atoms with Crippen LogP contribution in [0.5, 0.6) is 0 Å². The van der Waals surface area contributed by atoms with E-state index in [1.165, 1.54) is 36.4 Å². The number of fused-ring (bicyclic) bond motifs is 2. The summed E-state index contributed by atoms with van der Waals surface area (Å²) in [5.74, 6) is -1.27. The summed E-state index contributed by atoms with van der Waals surface area (Å²) in [6.07, 6.45) is -4.33. The summed E-state index contributed by atoms with van der Waals surface area (Å²) in [4.78, 5) is 26.7. The van der Waals surface area contributed by atoms with Crippen molar-refractivity contribution in [2.45, 2.75) is 44.4 Å². The first kappa shape index (κ1) is 26.0. The Labute approximate surface area is 216 Å². The first-order valence-electron chi connectivity index (χ1n) is 12.2. The molecule has 5 rings (SSSR count). The van der Waals surface area contributed by atoms with E-state index in [9.17, 15) is 26.7 Å². The van der Waals surface area contributed by atoms with Crippen LogP contribution >= 0.6 is 0 Å². The minimum atomic E-state index is -4.83. The molecule has 2 aromatic carbocycles. The molecule has 0 bridgehead atoms. The number of anilines is 2. The van der Waals surface area contributed by atoms with Gasteiger partial charge in [0.05, 0.1) is 23.8 Å². The van der Waals surface area contributed by atoms with Gasteiger partial charge in [-0.1, -0.05) is 12.1 Å². The molecule has 200 valence electrons. The van der Waals surface area contributed by atoms with Gasteiger partial charge in [-0.05, 0) is 64.2 Å². The van der Waals surface area contributed by atoms with Gasteiger partial charge in [0.2, 0.25) is 5.91 Å². The zero-order valence-corrected chi connectivity index (χ0v) is 21.0. The monoisotopic (exact) mass is 531 g/mol. The third-order valence-electron chi connectivity index (χ3n) is 7.30. The molecule has 2 atom stereocenters. The molecular formula is C27H26F5N5O. The molecule has 1 spiro atoms. The van der Waals surface area contributed by atoms with Crippen LogP contribution in [0.3, 0.4) is 0 Å². The van der Waals surface area contributed by atoms with Crippen molar-refractivity contribution < 1.29 is 26.7 Å². The minimum Gasteiger partial charge on any atom is -0.363 e. The molecule has 6 nitrogen and oxygen atoms in total. The van der Waals surface area contributed by atoms with Gasteiger partial charge in [0, 0.05) is 23.4 Å². The highest BCUT2D eigenvalue weighted by Crippen LogP contribution is 2.44. The molecule has 1 amide bonds. The highest BCUT2D eigenvalue weighted by atomic mass is 19.4. The number of halogens is 5. The molecule has 2 aliphatic rings. The van der Waals surface area contributed by atoms with E-state index in [-0.39, 0.29) is 18.0 Å². The summed E-state index contributed by atoms with van der Waals surface area (Å²) in [5.41, 5.74) is -0.843. The van der Waals surface area contributed by atoms with Gasteiger partial charge < -0.3 is 15.1 Å². The maximum Gasteiger partial charge on any atom is 0.419 e. The SMILES string of the molecule is Cc1nc(N[C@H](C)c2cccc(C(F)(F)F)c2F)c2c(n1)C1(CCN(C)C1)C(=O)N(c1ccc(F)cc1)C2. The highest BCUT2D eigenvalue weighted by molar-refractivity contribution is 6.03. The normalized spacial score (nSPS) is 20.6. The second kappa shape index (κ2) is 9.30. The lowest BCUT2D eigenvalue weighted by molar-refractivity contribution is -0.140. The van der Waals surface area contributed by atoms with Crippen molar-refractivity contribution in [2.75, 3.05) is 30.4 Å². The number of rotatable bonds is 4. The Balaban J connectivity index is 1.60. The molecule has 0 aliphatic carbocycles. The van der Waals surface area contributed by atoms with Crippen molar-refractivity contribution in [3.05, 3.63) is 82.3 Å². The fourth-order valence-corrected chi connectivity index (χ4v) is 5.43. The van der Waals surface area contributed by atoms with Gasteiger partial charge in [0.25, 0.3) is 0 Å². The van der Waals surface area contributed by atoms with E-state index in [4.69, 9.17) is 0 Å². The summed E-state index contributed by atoms with van der Waals surface area (Å²) in [5, 5.41) is 3.09. The number of nitrogens with zero attached hydrogens (tertiary/aromatic N) is 4. The van der Waals surface area contributed by atoms with Crippen LogP contribution in [0.4, 0.5) is 33.5 Å². The molecule has 1 N–H and O–H groups in total. The number of amides is 1. The maximum absolute atomic E-state index is 14.9. The lowest BCUT2D eigenvalue weighted by atomic mass is 9.76. The fraction of sp³-hybridized carbons (Fsp3) is 0.370. The predicted molar refractivity (Wildman–Crippen MR) is 132 cm³/mol. The van der Waals surface area contributed by atoms with Crippen LogP contribution in [0.1, 0.15) is 47.6 Å². The predicted octanol–water partition coefficient (Wildman–Crippen LogP) is 5.38. The lowest BCUT2D eigenvalue weighted by Gasteiger charge is -2.41. The van der Waals surface area contributed by atoms with Gasteiger partial charge in [-0.15, -0.1) is 0 Å². The Hall–Kier alpha value is -3.60.